The van der Waals surface area contributed by atoms with Crippen LogP contribution in [0.5, 0.6) is 5.75 Å². The zero-order valence-corrected chi connectivity index (χ0v) is 14.4. The van der Waals surface area contributed by atoms with Gasteiger partial charge in [0.1, 0.15) is 5.75 Å². The molecular weight excluding hydrogens is 304 g/mol. The molecule has 24 heavy (non-hydrogen) atoms. The van der Waals surface area contributed by atoms with Crippen molar-refractivity contribution in [3.05, 3.63) is 48.5 Å². The van der Waals surface area contributed by atoms with Crippen LogP contribution in [0.3, 0.4) is 0 Å². The molecule has 1 N–H and O–H groups in total. The molecule has 2 aromatic rings. The Balaban J connectivity index is 1.92. The number of ether oxygens (including phenoxy) is 1. The van der Waals surface area contributed by atoms with Crippen LogP contribution in [-0.2, 0) is 13.1 Å². The molecule has 1 aromatic heterocycles. The Morgan fingerprint density at radius 1 is 1.29 bits per heavy atom. The van der Waals surface area contributed by atoms with Gasteiger partial charge in [0.2, 0.25) is 0 Å². The second kappa shape index (κ2) is 9.60. The number of aromatic nitrogens is 2. The first kappa shape index (κ1) is 17.8. The molecule has 130 valence electrons. The van der Waals surface area contributed by atoms with Gasteiger partial charge in [0.25, 0.3) is 0 Å². The third-order valence-electron chi connectivity index (χ3n) is 3.63. The van der Waals surface area contributed by atoms with E-state index >= 15 is 0 Å². The van der Waals surface area contributed by atoms with Gasteiger partial charge in [0.15, 0.2) is 0 Å². The number of carbonyl (C=O) groups excluding carboxylic acids is 1. The SMILES string of the molecule is CCNC(=O)N(CCCn1ccnc1)Cc1ccc(OCC)cc1. The molecule has 0 bridgehead atoms. The molecule has 0 radical (unpaired) electrons. The minimum absolute atomic E-state index is 0.0305. The standard InChI is InChI=1S/C18H26N4O2/c1-3-20-18(23)22(12-5-11-21-13-10-19-15-21)14-16-6-8-17(9-7-16)24-4-2/h6-10,13,15H,3-5,11-12,14H2,1-2H3,(H,20,23). The van der Waals surface area contributed by atoms with Gasteiger partial charge in [-0.05, 0) is 38.0 Å². The highest BCUT2D eigenvalue weighted by Gasteiger charge is 2.13. The van der Waals surface area contributed by atoms with Gasteiger partial charge in [-0.3, -0.25) is 0 Å². The van der Waals surface area contributed by atoms with E-state index in [4.69, 9.17) is 4.74 Å². The second-order valence-corrected chi connectivity index (χ2v) is 5.49. The monoisotopic (exact) mass is 330 g/mol. The summed E-state index contributed by atoms with van der Waals surface area (Å²) in [5.41, 5.74) is 1.09. The smallest absolute Gasteiger partial charge is 0.317 e. The minimum Gasteiger partial charge on any atom is -0.494 e. The molecule has 0 unspecified atom stereocenters. The van der Waals surface area contributed by atoms with E-state index < -0.39 is 0 Å². The fourth-order valence-corrected chi connectivity index (χ4v) is 2.46. The van der Waals surface area contributed by atoms with Crippen molar-refractivity contribution in [2.75, 3.05) is 19.7 Å². The summed E-state index contributed by atoms with van der Waals surface area (Å²) < 4.78 is 7.48. The summed E-state index contributed by atoms with van der Waals surface area (Å²) in [5, 5.41) is 2.88. The van der Waals surface area contributed by atoms with Crippen LogP contribution in [0.15, 0.2) is 43.0 Å². The summed E-state index contributed by atoms with van der Waals surface area (Å²) in [4.78, 5) is 18.2. The molecular formula is C18H26N4O2. The third-order valence-corrected chi connectivity index (χ3v) is 3.63. The van der Waals surface area contributed by atoms with Gasteiger partial charge in [-0.25, -0.2) is 9.78 Å². The number of carbonyl (C=O) groups is 1. The number of nitrogens with one attached hydrogen (secondary N) is 1. The van der Waals surface area contributed by atoms with E-state index in [1.165, 1.54) is 0 Å². The van der Waals surface area contributed by atoms with E-state index in [0.29, 0.717) is 26.2 Å². The van der Waals surface area contributed by atoms with Crippen molar-refractivity contribution in [2.45, 2.75) is 33.4 Å². The largest absolute Gasteiger partial charge is 0.494 e. The van der Waals surface area contributed by atoms with Gasteiger partial charge < -0.3 is 19.5 Å². The van der Waals surface area contributed by atoms with Crippen LogP contribution in [-0.4, -0.2) is 40.2 Å². The van der Waals surface area contributed by atoms with Crippen LogP contribution >= 0.6 is 0 Å². The van der Waals surface area contributed by atoms with Crippen LogP contribution < -0.4 is 10.1 Å². The van der Waals surface area contributed by atoms with E-state index in [2.05, 4.69) is 10.3 Å². The lowest BCUT2D eigenvalue weighted by atomic mass is 10.2. The van der Waals surface area contributed by atoms with Crippen molar-refractivity contribution in [3.8, 4) is 5.75 Å². The number of hydrogen-bond donors (Lipinski definition) is 1. The molecule has 1 aromatic carbocycles. The maximum atomic E-state index is 12.3. The number of benzene rings is 1. The van der Waals surface area contributed by atoms with Crippen molar-refractivity contribution < 1.29 is 9.53 Å². The summed E-state index contributed by atoms with van der Waals surface area (Å²) in [6.45, 7) is 7.29. The Morgan fingerprint density at radius 3 is 2.71 bits per heavy atom. The number of aryl methyl sites for hydroxylation is 1. The number of nitrogens with zero attached hydrogens (tertiary/aromatic N) is 3. The fraction of sp³-hybridized carbons (Fsp3) is 0.444. The summed E-state index contributed by atoms with van der Waals surface area (Å²) in [6, 6.07) is 7.87. The van der Waals surface area contributed by atoms with Gasteiger partial charge in [-0.1, -0.05) is 12.1 Å². The normalized spacial score (nSPS) is 10.4. The molecule has 0 aliphatic carbocycles. The van der Waals surface area contributed by atoms with Crippen LogP contribution in [0.1, 0.15) is 25.8 Å². The summed E-state index contributed by atoms with van der Waals surface area (Å²) >= 11 is 0. The minimum atomic E-state index is -0.0305. The highest BCUT2D eigenvalue weighted by atomic mass is 16.5. The zero-order chi connectivity index (χ0) is 17.2. The average Bonchev–Trinajstić information content (AvgIpc) is 3.09. The maximum Gasteiger partial charge on any atom is 0.317 e. The molecule has 2 rings (SSSR count). The number of imidazole rings is 1. The molecule has 0 aliphatic heterocycles. The number of rotatable bonds is 9. The number of hydrogen-bond acceptors (Lipinski definition) is 3. The van der Waals surface area contributed by atoms with Crippen LogP contribution in [0.2, 0.25) is 0 Å². The average molecular weight is 330 g/mol. The van der Waals surface area contributed by atoms with Crippen molar-refractivity contribution >= 4 is 6.03 Å². The molecule has 2 amide bonds. The van der Waals surface area contributed by atoms with E-state index in [0.717, 1.165) is 24.3 Å². The zero-order valence-electron chi connectivity index (χ0n) is 14.4. The van der Waals surface area contributed by atoms with Gasteiger partial charge in [0.05, 0.1) is 12.9 Å². The Morgan fingerprint density at radius 2 is 2.08 bits per heavy atom. The Labute approximate surface area is 143 Å². The molecule has 0 spiro atoms. The highest BCUT2D eigenvalue weighted by Crippen LogP contribution is 2.14. The summed E-state index contributed by atoms with van der Waals surface area (Å²) in [7, 11) is 0. The lowest BCUT2D eigenvalue weighted by Crippen LogP contribution is -2.40. The summed E-state index contributed by atoms with van der Waals surface area (Å²) in [6.07, 6.45) is 6.37. The first-order chi connectivity index (χ1) is 11.7. The van der Waals surface area contributed by atoms with Gasteiger partial charge in [-0.2, -0.15) is 0 Å². The lowest BCUT2D eigenvalue weighted by Gasteiger charge is -2.23. The van der Waals surface area contributed by atoms with Crippen molar-refractivity contribution in [1.82, 2.24) is 19.8 Å². The second-order valence-electron chi connectivity index (χ2n) is 5.49. The number of amides is 2. The molecule has 0 fully saturated rings. The van der Waals surface area contributed by atoms with E-state index in [1.807, 2.05) is 53.8 Å². The highest BCUT2D eigenvalue weighted by molar-refractivity contribution is 5.74. The fourth-order valence-electron chi connectivity index (χ4n) is 2.46. The van der Waals surface area contributed by atoms with Gasteiger partial charge in [0, 0.05) is 38.6 Å². The lowest BCUT2D eigenvalue weighted by molar-refractivity contribution is 0.194. The molecule has 0 saturated heterocycles. The van der Waals surface area contributed by atoms with Crippen LogP contribution in [0.25, 0.3) is 0 Å². The van der Waals surface area contributed by atoms with E-state index in [1.54, 1.807) is 12.5 Å². The Hall–Kier alpha value is -2.50. The van der Waals surface area contributed by atoms with Gasteiger partial charge >= 0.3 is 6.03 Å². The molecule has 6 nitrogen and oxygen atoms in total. The molecule has 0 saturated carbocycles. The molecule has 6 heteroatoms. The topological polar surface area (TPSA) is 59.4 Å². The predicted octanol–water partition coefficient (Wildman–Crippen LogP) is 2.90. The predicted molar refractivity (Wildman–Crippen MR) is 93.9 cm³/mol. The third kappa shape index (κ3) is 5.61. The Bertz CT molecular complexity index is 596. The Kier molecular flexibility index (Phi) is 7.14. The quantitative estimate of drug-likeness (QED) is 0.769. The van der Waals surface area contributed by atoms with E-state index in [-0.39, 0.29) is 6.03 Å². The first-order valence-corrected chi connectivity index (χ1v) is 8.43. The van der Waals surface area contributed by atoms with Crippen molar-refractivity contribution in [1.29, 1.82) is 0 Å². The maximum absolute atomic E-state index is 12.3. The molecule has 1 heterocycles. The number of urea groups is 1. The first-order valence-electron chi connectivity index (χ1n) is 8.43. The van der Waals surface area contributed by atoms with Crippen molar-refractivity contribution in [3.63, 3.8) is 0 Å². The summed E-state index contributed by atoms with van der Waals surface area (Å²) in [5.74, 6) is 0.853. The van der Waals surface area contributed by atoms with Gasteiger partial charge in [-0.15, -0.1) is 0 Å². The van der Waals surface area contributed by atoms with Crippen LogP contribution in [0.4, 0.5) is 4.79 Å². The van der Waals surface area contributed by atoms with Crippen molar-refractivity contribution in [2.24, 2.45) is 0 Å². The van der Waals surface area contributed by atoms with Crippen LogP contribution in [0, 0.1) is 0 Å². The van der Waals surface area contributed by atoms with E-state index in [9.17, 15) is 4.79 Å². The molecule has 0 atom stereocenters. The molecule has 0 aliphatic rings.